The smallest absolute Gasteiger partial charge is 0.244 e. The van der Waals surface area contributed by atoms with Gasteiger partial charge in [0.1, 0.15) is 24.1 Å². The van der Waals surface area contributed by atoms with E-state index in [0.717, 1.165) is 27.3 Å². The van der Waals surface area contributed by atoms with Gasteiger partial charge in [0.2, 0.25) is 21.8 Å². The Morgan fingerprint density at radius 1 is 0.814 bits per heavy atom. The van der Waals surface area contributed by atoms with Crippen LogP contribution in [0.3, 0.4) is 0 Å². The van der Waals surface area contributed by atoms with E-state index in [4.69, 9.17) is 4.74 Å². The number of benzene rings is 4. The van der Waals surface area contributed by atoms with Crippen molar-refractivity contribution in [2.75, 3.05) is 23.7 Å². The van der Waals surface area contributed by atoms with E-state index >= 15 is 0 Å². The minimum absolute atomic E-state index is 0.140. The summed E-state index contributed by atoms with van der Waals surface area (Å²) in [7, 11) is -3.87. The molecule has 1 atom stereocenters. The van der Waals surface area contributed by atoms with Crippen LogP contribution in [0.2, 0.25) is 0 Å². The minimum Gasteiger partial charge on any atom is -0.457 e. The Labute approximate surface area is 254 Å². The number of hydrogen-bond acceptors (Lipinski definition) is 5. The van der Waals surface area contributed by atoms with E-state index in [-0.39, 0.29) is 18.9 Å². The molecule has 9 heteroatoms. The lowest BCUT2D eigenvalue weighted by Gasteiger charge is -2.33. The van der Waals surface area contributed by atoms with Gasteiger partial charge in [0.05, 0.1) is 11.9 Å². The molecule has 0 radical (unpaired) electrons. The standard InChI is InChI=1S/C34H37N3O5S/c1-4-35-34(39)32(23-27-14-7-5-8-15-27)36(24-28-16-12-11-13-26(28)2)33(38)25-37(43(3,40)41)29-19-21-31(22-20-29)42-30-17-9-6-10-18-30/h5-22,32H,4,23-25H2,1-3H3,(H,35,39)/t32-/m0/s1. The number of nitrogens with one attached hydrogen (secondary N) is 1. The number of rotatable bonds is 13. The van der Waals surface area contributed by atoms with Crippen molar-refractivity contribution in [3.8, 4) is 11.5 Å². The number of para-hydroxylation sites is 1. The van der Waals surface area contributed by atoms with Crippen molar-refractivity contribution in [2.24, 2.45) is 0 Å². The average Bonchev–Trinajstić information content (AvgIpc) is 2.99. The summed E-state index contributed by atoms with van der Waals surface area (Å²) in [5, 5.41) is 2.86. The number of aryl methyl sites for hydroxylation is 1. The maximum Gasteiger partial charge on any atom is 0.244 e. The van der Waals surface area contributed by atoms with E-state index in [1.165, 1.54) is 4.90 Å². The molecular weight excluding hydrogens is 562 g/mol. The topological polar surface area (TPSA) is 96.0 Å². The SMILES string of the molecule is CCNC(=O)[C@H](Cc1ccccc1)N(Cc1ccccc1C)C(=O)CN(c1ccc(Oc2ccccc2)cc1)S(C)(=O)=O. The molecule has 0 bridgehead atoms. The van der Waals surface area contributed by atoms with E-state index in [0.29, 0.717) is 23.7 Å². The van der Waals surface area contributed by atoms with Gasteiger partial charge in [-0.25, -0.2) is 8.42 Å². The summed E-state index contributed by atoms with van der Waals surface area (Å²) in [4.78, 5) is 29.1. The second-order valence-electron chi connectivity index (χ2n) is 10.2. The molecule has 4 rings (SSSR count). The molecule has 0 unspecified atom stereocenters. The fourth-order valence-electron chi connectivity index (χ4n) is 4.74. The van der Waals surface area contributed by atoms with Crippen LogP contribution in [0.5, 0.6) is 11.5 Å². The Bertz CT molecular complexity index is 1610. The average molecular weight is 600 g/mol. The van der Waals surface area contributed by atoms with E-state index in [1.807, 2.05) is 98.8 Å². The first-order valence-electron chi connectivity index (χ1n) is 14.1. The monoisotopic (exact) mass is 599 g/mol. The van der Waals surface area contributed by atoms with E-state index in [2.05, 4.69) is 5.32 Å². The first-order chi connectivity index (χ1) is 20.7. The number of anilines is 1. The molecule has 0 aliphatic heterocycles. The summed E-state index contributed by atoms with van der Waals surface area (Å²) in [5.74, 6) is 0.370. The van der Waals surface area contributed by atoms with Crippen molar-refractivity contribution in [1.29, 1.82) is 0 Å². The Balaban J connectivity index is 1.67. The molecule has 43 heavy (non-hydrogen) atoms. The maximum atomic E-state index is 14.2. The number of nitrogens with zero attached hydrogens (tertiary/aromatic N) is 2. The fraction of sp³-hybridized carbons (Fsp3) is 0.235. The summed E-state index contributed by atoms with van der Waals surface area (Å²) in [6.45, 7) is 3.82. The van der Waals surface area contributed by atoms with Gasteiger partial charge in [0.25, 0.3) is 0 Å². The lowest BCUT2D eigenvalue weighted by atomic mass is 10.0. The fourth-order valence-corrected chi connectivity index (χ4v) is 5.59. The molecule has 0 saturated carbocycles. The quantitative estimate of drug-likeness (QED) is 0.224. The van der Waals surface area contributed by atoms with Gasteiger partial charge < -0.3 is 15.0 Å². The molecule has 0 aliphatic carbocycles. The Morgan fingerprint density at radius 2 is 1.40 bits per heavy atom. The zero-order valence-electron chi connectivity index (χ0n) is 24.6. The highest BCUT2D eigenvalue weighted by molar-refractivity contribution is 7.92. The molecule has 0 aromatic heterocycles. The maximum absolute atomic E-state index is 14.2. The van der Waals surface area contributed by atoms with Crippen LogP contribution in [-0.4, -0.2) is 50.5 Å². The zero-order valence-corrected chi connectivity index (χ0v) is 25.5. The van der Waals surface area contributed by atoms with Crippen molar-refractivity contribution in [3.05, 3.63) is 126 Å². The van der Waals surface area contributed by atoms with Crippen molar-refractivity contribution < 1.29 is 22.7 Å². The van der Waals surface area contributed by atoms with Crippen LogP contribution in [0.1, 0.15) is 23.6 Å². The van der Waals surface area contributed by atoms with Gasteiger partial charge in [0, 0.05) is 19.5 Å². The van der Waals surface area contributed by atoms with Gasteiger partial charge in [-0.2, -0.15) is 0 Å². The Hall–Kier alpha value is -4.63. The van der Waals surface area contributed by atoms with E-state index < -0.39 is 28.5 Å². The zero-order chi connectivity index (χ0) is 30.8. The minimum atomic E-state index is -3.87. The highest BCUT2D eigenvalue weighted by Gasteiger charge is 2.33. The van der Waals surface area contributed by atoms with Gasteiger partial charge in [-0.1, -0.05) is 72.8 Å². The third kappa shape index (κ3) is 8.68. The number of hydrogen-bond donors (Lipinski definition) is 1. The lowest BCUT2D eigenvalue weighted by Crippen LogP contribution is -2.53. The van der Waals surface area contributed by atoms with Gasteiger partial charge in [0.15, 0.2) is 0 Å². The number of sulfonamides is 1. The summed E-state index contributed by atoms with van der Waals surface area (Å²) >= 11 is 0. The Morgan fingerprint density at radius 3 is 2.00 bits per heavy atom. The predicted molar refractivity (Wildman–Crippen MR) is 169 cm³/mol. The van der Waals surface area contributed by atoms with Gasteiger partial charge in [-0.05, 0) is 66.9 Å². The lowest BCUT2D eigenvalue weighted by molar-refractivity contribution is -0.140. The molecule has 0 fully saturated rings. The van der Waals surface area contributed by atoms with Crippen molar-refractivity contribution >= 4 is 27.5 Å². The summed E-state index contributed by atoms with van der Waals surface area (Å²) in [5.41, 5.74) is 3.02. The molecular formula is C34H37N3O5S. The van der Waals surface area contributed by atoms with E-state index in [9.17, 15) is 18.0 Å². The number of ether oxygens (including phenoxy) is 1. The first kappa shape index (κ1) is 31.3. The Kier molecular flexibility index (Phi) is 10.6. The number of likely N-dealkylation sites (N-methyl/N-ethyl adjacent to an activating group) is 1. The van der Waals surface area contributed by atoms with Gasteiger partial charge in [-0.15, -0.1) is 0 Å². The molecule has 0 aliphatic rings. The van der Waals surface area contributed by atoms with Crippen LogP contribution in [0.25, 0.3) is 0 Å². The van der Waals surface area contributed by atoms with Crippen molar-refractivity contribution in [2.45, 2.75) is 32.9 Å². The van der Waals surface area contributed by atoms with Crippen LogP contribution in [0, 0.1) is 6.92 Å². The molecule has 0 spiro atoms. The first-order valence-corrected chi connectivity index (χ1v) is 16.0. The molecule has 2 amide bonds. The van der Waals surface area contributed by atoms with Crippen molar-refractivity contribution in [1.82, 2.24) is 10.2 Å². The molecule has 0 saturated heterocycles. The van der Waals surface area contributed by atoms with Gasteiger partial charge >= 0.3 is 0 Å². The number of amides is 2. The third-order valence-electron chi connectivity index (χ3n) is 7.01. The molecule has 224 valence electrons. The molecule has 4 aromatic rings. The van der Waals surface area contributed by atoms with Crippen LogP contribution < -0.4 is 14.4 Å². The molecule has 8 nitrogen and oxygen atoms in total. The van der Waals surface area contributed by atoms with Crippen molar-refractivity contribution in [3.63, 3.8) is 0 Å². The highest BCUT2D eigenvalue weighted by atomic mass is 32.2. The van der Waals surface area contributed by atoms with Crippen LogP contribution in [-0.2, 0) is 32.6 Å². The van der Waals surface area contributed by atoms with Crippen LogP contribution in [0.15, 0.2) is 109 Å². The number of carbonyl (C=O) groups excluding carboxylic acids is 2. The molecule has 1 N–H and O–H groups in total. The summed E-state index contributed by atoms with van der Waals surface area (Å²) < 4.78 is 32.9. The summed E-state index contributed by atoms with van der Waals surface area (Å²) in [6, 6.07) is 32.0. The van der Waals surface area contributed by atoms with Gasteiger partial charge in [-0.3, -0.25) is 13.9 Å². The molecule has 0 heterocycles. The molecule has 4 aromatic carbocycles. The summed E-state index contributed by atoms with van der Waals surface area (Å²) in [6.07, 6.45) is 1.33. The highest BCUT2D eigenvalue weighted by Crippen LogP contribution is 2.26. The predicted octanol–water partition coefficient (Wildman–Crippen LogP) is 5.33. The van der Waals surface area contributed by atoms with Crippen LogP contribution in [0.4, 0.5) is 5.69 Å². The largest absolute Gasteiger partial charge is 0.457 e. The third-order valence-corrected chi connectivity index (χ3v) is 8.15. The van der Waals surface area contributed by atoms with E-state index in [1.54, 1.807) is 24.3 Å². The normalized spacial score (nSPS) is 11.8. The second-order valence-corrected chi connectivity index (χ2v) is 12.1. The van der Waals surface area contributed by atoms with Crippen LogP contribution >= 0.6 is 0 Å². The second kappa shape index (κ2) is 14.5. The number of carbonyl (C=O) groups is 2.